The van der Waals surface area contributed by atoms with Crippen LogP contribution >= 0.6 is 45.2 Å². The molecule has 1 atom stereocenters. The summed E-state index contributed by atoms with van der Waals surface area (Å²) in [6.45, 7) is 0. The van der Waals surface area contributed by atoms with E-state index in [1.54, 1.807) is 12.1 Å². The maximum Gasteiger partial charge on any atom is 0.416 e. The first-order valence-corrected chi connectivity index (χ1v) is 9.05. The first-order chi connectivity index (χ1) is 11.6. The molecule has 0 saturated heterocycles. The van der Waals surface area contributed by atoms with Crippen LogP contribution < -0.4 is 10.5 Å². The average molecular weight is 577 g/mol. The van der Waals surface area contributed by atoms with Crippen LogP contribution in [0.15, 0.2) is 36.4 Å². The lowest BCUT2D eigenvalue weighted by Gasteiger charge is -2.14. The number of hydrogen-bond acceptors (Lipinski definition) is 3. The van der Waals surface area contributed by atoms with Crippen molar-refractivity contribution in [1.82, 2.24) is 0 Å². The zero-order valence-electron chi connectivity index (χ0n) is 12.5. The van der Waals surface area contributed by atoms with Crippen LogP contribution in [0.4, 0.5) is 13.2 Å². The van der Waals surface area contributed by atoms with E-state index in [-0.39, 0.29) is 12.2 Å². The SMILES string of the molecule is NC(Cc1cc(I)c(Oc2cccc(C(F)(F)F)c2)c(I)c1)C(=O)O. The van der Waals surface area contributed by atoms with Gasteiger partial charge in [0.25, 0.3) is 0 Å². The van der Waals surface area contributed by atoms with Gasteiger partial charge in [-0.25, -0.2) is 0 Å². The van der Waals surface area contributed by atoms with Crippen LogP contribution in [-0.4, -0.2) is 17.1 Å². The van der Waals surface area contributed by atoms with E-state index in [4.69, 9.17) is 15.6 Å². The van der Waals surface area contributed by atoms with E-state index in [0.29, 0.717) is 18.5 Å². The van der Waals surface area contributed by atoms with Gasteiger partial charge in [0.2, 0.25) is 0 Å². The number of carboxylic acid groups (broad SMARTS) is 1. The third-order valence-corrected chi connectivity index (χ3v) is 4.81. The Bertz CT molecular complexity index is 773. The molecule has 0 aromatic heterocycles. The Kier molecular flexibility index (Phi) is 6.54. The van der Waals surface area contributed by atoms with E-state index in [0.717, 1.165) is 12.1 Å². The molecule has 134 valence electrons. The number of aliphatic carboxylic acids is 1. The minimum absolute atomic E-state index is 0.0700. The first kappa shape index (κ1) is 20.2. The molecule has 1 unspecified atom stereocenters. The fourth-order valence-electron chi connectivity index (χ4n) is 2.02. The second kappa shape index (κ2) is 8.08. The van der Waals surface area contributed by atoms with E-state index < -0.39 is 23.8 Å². The number of halogens is 5. The molecule has 0 saturated carbocycles. The number of hydrogen-bond donors (Lipinski definition) is 2. The number of carbonyl (C=O) groups is 1. The quantitative estimate of drug-likeness (QED) is 0.508. The van der Waals surface area contributed by atoms with Gasteiger partial charge in [0, 0.05) is 0 Å². The van der Waals surface area contributed by atoms with Crippen molar-refractivity contribution in [1.29, 1.82) is 0 Å². The Morgan fingerprint density at radius 1 is 1.20 bits per heavy atom. The summed E-state index contributed by atoms with van der Waals surface area (Å²) in [7, 11) is 0. The normalized spacial score (nSPS) is 12.7. The molecule has 0 aliphatic carbocycles. The molecule has 0 bridgehead atoms. The monoisotopic (exact) mass is 577 g/mol. The number of benzene rings is 2. The molecule has 9 heteroatoms. The van der Waals surface area contributed by atoms with Gasteiger partial charge in [-0.1, -0.05) is 6.07 Å². The molecule has 0 heterocycles. The van der Waals surface area contributed by atoms with Gasteiger partial charge in [0.05, 0.1) is 12.7 Å². The lowest BCUT2D eigenvalue weighted by Crippen LogP contribution is -2.32. The van der Waals surface area contributed by atoms with Crippen molar-refractivity contribution in [3.63, 3.8) is 0 Å². The van der Waals surface area contributed by atoms with Crippen LogP contribution in [0.3, 0.4) is 0 Å². The Morgan fingerprint density at radius 2 is 1.80 bits per heavy atom. The van der Waals surface area contributed by atoms with Gasteiger partial charge in [-0.2, -0.15) is 13.2 Å². The predicted molar refractivity (Wildman–Crippen MR) is 103 cm³/mol. The fraction of sp³-hybridized carbons (Fsp3) is 0.188. The summed E-state index contributed by atoms with van der Waals surface area (Å²) >= 11 is 3.97. The molecule has 0 radical (unpaired) electrons. The smallest absolute Gasteiger partial charge is 0.416 e. The zero-order valence-corrected chi connectivity index (χ0v) is 16.8. The zero-order chi connectivity index (χ0) is 18.8. The van der Waals surface area contributed by atoms with Gasteiger partial charge >= 0.3 is 12.1 Å². The summed E-state index contributed by atoms with van der Waals surface area (Å²) in [5.74, 6) is -0.622. The summed E-state index contributed by atoms with van der Waals surface area (Å²) in [4.78, 5) is 10.8. The molecule has 2 aromatic rings. The van der Waals surface area contributed by atoms with Gasteiger partial charge in [-0.3, -0.25) is 4.79 Å². The second-order valence-electron chi connectivity index (χ2n) is 5.17. The average Bonchev–Trinajstić information content (AvgIpc) is 2.50. The number of ether oxygens (including phenoxy) is 1. The van der Waals surface area contributed by atoms with E-state index >= 15 is 0 Å². The maximum absolute atomic E-state index is 12.8. The van der Waals surface area contributed by atoms with Crippen LogP contribution in [-0.2, 0) is 17.4 Å². The molecule has 4 nitrogen and oxygen atoms in total. The molecule has 0 aliphatic rings. The van der Waals surface area contributed by atoms with Gasteiger partial charge in [-0.05, 0) is 87.5 Å². The highest BCUT2D eigenvalue weighted by molar-refractivity contribution is 14.1. The van der Waals surface area contributed by atoms with E-state index in [1.165, 1.54) is 12.1 Å². The third kappa shape index (κ3) is 5.45. The summed E-state index contributed by atoms with van der Waals surface area (Å²) in [6, 6.07) is 7.00. The van der Waals surface area contributed by atoms with Crippen molar-refractivity contribution >= 4 is 51.2 Å². The standard InChI is InChI=1S/C16H12F3I2NO3/c17-16(18,19)9-2-1-3-10(7-9)25-14-11(20)4-8(5-12(14)21)6-13(22)15(23)24/h1-5,7,13H,6,22H2,(H,23,24). The molecule has 0 fully saturated rings. The molecule has 0 amide bonds. The van der Waals surface area contributed by atoms with Crippen molar-refractivity contribution < 1.29 is 27.8 Å². The van der Waals surface area contributed by atoms with Crippen LogP contribution in [0.1, 0.15) is 11.1 Å². The number of alkyl halides is 3. The highest BCUT2D eigenvalue weighted by Gasteiger charge is 2.30. The fourth-order valence-corrected chi connectivity index (χ4v) is 4.14. The maximum atomic E-state index is 12.8. The van der Waals surface area contributed by atoms with Crippen molar-refractivity contribution in [2.45, 2.75) is 18.6 Å². The van der Waals surface area contributed by atoms with E-state index in [2.05, 4.69) is 0 Å². The Morgan fingerprint density at radius 3 is 2.32 bits per heavy atom. The summed E-state index contributed by atoms with van der Waals surface area (Å²) in [5.41, 5.74) is 5.44. The Hall–Kier alpha value is -1.08. The Balaban J connectivity index is 2.28. The lowest BCUT2D eigenvalue weighted by atomic mass is 10.1. The van der Waals surface area contributed by atoms with E-state index in [1.807, 2.05) is 45.2 Å². The number of rotatable bonds is 5. The van der Waals surface area contributed by atoms with Crippen LogP contribution in [0.25, 0.3) is 0 Å². The molecule has 25 heavy (non-hydrogen) atoms. The first-order valence-electron chi connectivity index (χ1n) is 6.89. The molecule has 0 aliphatic heterocycles. The van der Waals surface area contributed by atoms with Crippen molar-refractivity contribution in [2.24, 2.45) is 5.73 Å². The molecule has 2 aromatic carbocycles. The van der Waals surface area contributed by atoms with Gasteiger partial charge in [0.1, 0.15) is 11.8 Å². The van der Waals surface area contributed by atoms with Gasteiger partial charge < -0.3 is 15.6 Å². The van der Waals surface area contributed by atoms with Crippen LogP contribution in [0.2, 0.25) is 0 Å². The molecule has 0 spiro atoms. The molecular formula is C16H12F3I2NO3. The lowest BCUT2D eigenvalue weighted by molar-refractivity contribution is -0.139. The predicted octanol–water partition coefficient (Wildman–Crippen LogP) is 4.66. The van der Waals surface area contributed by atoms with Crippen molar-refractivity contribution in [3.8, 4) is 11.5 Å². The van der Waals surface area contributed by atoms with Crippen molar-refractivity contribution in [2.75, 3.05) is 0 Å². The van der Waals surface area contributed by atoms with E-state index in [9.17, 15) is 18.0 Å². The summed E-state index contributed by atoms with van der Waals surface area (Å²) in [5, 5.41) is 8.88. The van der Waals surface area contributed by atoms with Crippen molar-refractivity contribution in [3.05, 3.63) is 54.7 Å². The molecule has 2 rings (SSSR count). The molecular weight excluding hydrogens is 565 g/mol. The number of nitrogens with two attached hydrogens (primary N) is 1. The summed E-state index contributed by atoms with van der Waals surface area (Å²) in [6.07, 6.45) is -4.30. The highest BCUT2D eigenvalue weighted by Crippen LogP contribution is 2.36. The highest BCUT2D eigenvalue weighted by atomic mass is 127. The van der Waals surface area contributed by atoms with Crippen LogP contribution in [0, 0.1) is 7.14 Å². The van der Waals surface area contributed by atoms with Gasteiger partial charge in [0.15, 0.2) is 5.75 Å². The van der Waals surface area contributed by atoms with Crippen LogP contribution in [0.5, 0.6) is 11.5 Å². The molecule has 3 N–H and O–H groups in total. The minimum atomic E-state index is -4.45. The largest absolute Gasteiger partial charge is 0.480 e. The topological polar surface area (TPSA) is 72.5 Å². The minimum Gasteiger partial charge on any atom is -0.480 e. The third-order valence-electron chi connectivity index (χ3n) is 3.21. The Labute approximate surface area is 168 Å². The number of carboxylic acids is 1. The summed E-state index contributed by atoms with van der Waals surface area (Å²) < 4.78 is 45.3. The van der Waals surface area contributed by atoms with Gasteiger partial charge in [-0.15, -0.1) is 0 Å². The second-order valence-corrected chi connectivity index (χ2v) is 7.49.